The number of nitrogens with one attached hydrogen (secondary N) is 1. The zero-order valence-electron chi connectivity index (χ0n) is 6.66. The molecule has 3 atom stereocenters. The smallest absolute Gasteiger partial charge is 0.212 e. The highest BCUT2D eigenvalue weighted by Crippen LogP contribution is 2.37. The monoisotopic (exact) mass is 209 g/mol. The number of rotatable bonds is 0. The Morgan fingerprint density at radius 2 is 1.92 bits per heavy atom. The summed E-state index contributed by atoms with van der Waals surface area (Å²) >= 11 is 5.88. The van der Waals surface area contributed by atoms with Gasteiger partial charge in [-0.25, -0.2) is 8.42 Å². The van der Waals surface area contributed by atoms with Crippen LogP contribution >= 0.6 is 11.6 Å². The van der Waals surface area contributed by atoms with Crippen molar-refractivity contribution >= 4 is 21.6 Å². The summed E-state index contributed by atoms with van der Waals surface area (Å²) in [5, 5.41) is -0.214. The van der Waals surface area contributed by atoms with Crippen molar-refractivity contribution in [1.29, 1.82) is 0 Å². The number of alkyl halides is 1. The molecule has 1 saturated heterocycles. The van der Waals surface area contributed by atoms with Gasteiger partial charge in [-0.1, -0.05) is 12.8 Å². The molecule has 1 saturated carbocycles. The Kier molecular flexibility index (Phi) is 2.09. The van der Waals surface area contributed by atoms with Gasteiger partial charge in [-0.15, -0.1) is 11.6 Å². The second kappa shape index (κ2) is 2.86. The topological polar surface area (TPSA) is 46.2 Å². The largest absolute Gasteiger partial charge is 0.216 e. The zero-order chi connectivity index (χ0) is 8.77. The predicted molar refractivity (Wildman–Crippen MR) is 47.4 cm³/mol. The second-order valence-corrected chi connectivity index (χ2v) is 5.95. The van der Waals surface area contributed by atoms with Gasteiger partial charge in [0.15, 0.2) is 0 Å². The highest BCUT2D eigenvalue weighted by molar-refractivity contribution is 7.90. The highest BCUT2D eigenvalue weighted by atomic mass is 35.5. The molecule has 0 spiro atoms. The standard InChI is InChI=1S/C7H12ClNO2S/c8-7-5-3-1-2-4-6(5)12(10,11)9-7/h5-7,9H,1-4H2. The average Bonchev–Trinajstić information content (AvgIpc) is 2.25. The molecule has 1 aliphatic heterocycles. The quantitative estimate of drug-likeness (QED) is 0.479. The van der Waals surface area contributed by atoms with Crippen molar-refractivity contribution in [2.24, 2.45) is 5.92 Å². The Labute approximate surface area is 77.5 Å². The van der Waals surface area contributed by atoms with Crippen molar-refractivity contribution in [2.45, 2.75) is 36.4 Å². The van der Waals surface area contributed by atoms with E-state index in [1.165, 1.54) is 0 Å². The summed E-state index contributed by atoms with van der Waals surface area (Å²) in [4.78, 5) is 0. The first-order valence-electron chi connectivity index (χ1n) is 4.26. The highest BCUT2D eigenvalue weighted by Gasteiger charge is 2.46. The van der Waals surface area contributed by atoms with Crippen LogP contribution in [-0.2, 0) is 10.0 Å². The summed E-state index contributed by atoms with van der Waals surface area (Å²) < 4.78 is 25.3. The van der Waals surface area contributed by atoms with E-state index in [1.54, 1.807) is 0 Å². The van der Waals surface area contributed by atoms with Gasteiger partial charge in [-0.05, 0) is 12.8 Å². The molecule has 0 aromatic carbocycles. The van der Waals surface area contributed by atoms with Crippen LogP contribution in [0.2, 0.25) is 0 Å². The Bertz CT molecular complexity index is 277. The van der Waals surface area contributed by atoms with Gasteiger partial charge in [0.2, 0.25) is 10.0 Å². The van der Waals surface area contributed by atoms with E-state index < -0.39 is 10.0 Å². The summed E-state index contributed by atoms with van der Waals surface area (Å²) in [6.07, 6.45) is 3.86. The fourth-order valence-corrected chi connectivity index (χ4v) is 4.83. The second-order valence-electron chi connectivity index (χ2n) is 3.55. The Hall–Kier alpha value is 0.200. The molecule has 70 valence electrons. The Morgan fingerprint density at radius 1 is 1.25 bits per heavy atom. The van der Waals surface area contributed by atoms with Gasteiger partial charge in [0, 0.05) is 5.92 Å². The molecule has 3 unspecified atom stereocenters. The molecule has 0 aromatic heterocycles. The van der Waals surface area contributed by atoms with E-state index in [2.05, 4.69) is 4.72 Å². The molecule has 0 radical (unpaired) electrons. The molecule has 2 fully saturated rings. The van der Waals surface area contributed by atoms with E-state index >= 15 is 0 Å². The van der Waals surface area contributed by atoms with E-state index in [0.717, 1.165) is 25.7 Å². The normalized spacial score (nSPS) is 45.6. The van der Waals surface area contributed by atoms with E-state index in [-0.39, 0.29) is 16.7 Å². The Morgan fingerprint density at radius 3 is 2.58 bits per heavy atom. The van der Waals surface area contributed by atoms with Gasteiger partial charge in [-0.3, -0.25) is 0 Å². The molecule has 0 amide bonds. The van der Waals surface area contributed by atoms with Crippen LogP contribution in [0.25, 0.3) is 0 Å². The number of halogens is 1. The minimum Gasteiger partial charge on any atom is -0.212 e. The molecule has 2 rings (SSSR count). The molecule has 5 heteroatoms. The van der Waals surface area contributed by atoms with Gasteiger partial charge >= 0.3 is 0 Å². The zero-order valence-corrected chi connectivity index (χ0v) is 8.24. The van der Waals surface area contributed by atoms with Crippen LogP contribution in [0.1, 0.15) is 25.7 Å². The van der Waals surface area contributed by atoms with E-state index in [4.69, 9.17) is 11.6 Å². The molecule has 1 heterocycles. The molecule has 0 aromatic rings. The lowest BCUT2D eigenvalue weighted by Gasteiger charge is -2.23. The fourth-order valence-electron chi connectivity index (χ4n) is 2.18. The van der Waals surface area contributed by atoms with Gasteiger partial charge < -0.3 is 0 Å². The maximum absolute atomic E-state index is 11.4. The third-order valence-electron chi connectivity index (χ3n) is 2.80. The van der Waals surface area contributed by atoms with Crippen molar-refractivity contribution < 1.29 is 8.42 Å². The van der Waals surface area contributed by atoms with Crippen molar-refractivity contribution in [2.75, 3.05) is 0 Å². The third-order valence-corrected chi connectivity index (χ3v) is 5.33. The number of hydrogen-bond acceptors (Lipinski definition) is 2. The van der Waals surface area contributed by atoms with E-state index in [1.807, 2.05) is 0 Å². The van der Waals surface area contributed by atoms with Crippen LogP contribution in [0.5, 0.6) is 0 Å². The number of sulfonamides is 1. The number of hydrogen-bond donors (Lipinski definition) is 1. The van der Waals surface area contributed by atoms with Crippen molar-refractivity contribution in [3.05, 3.63) is 0 Å². The maximum atomic E-state index is 11.4. The maximum Gasteiger partial charge on any atom is 0.216 e. The van der Waals surface area contributed by atoms with Crippen LogP contribution in [0.3, 0.4) is 0 Å². The first-order chi connectivity index (χ1) is 5.61. The minimum absolute atomic E-state index is 0.144. The van der Waals surface area contributed by atoms with Gasteiger partial charge in [-0.2, -0.15) is 4.72 Å². The molecule has 12 heavy (non-hydrogen) atoms. The van der Waals surface area contributed by atoms with Crippen LogP contribution in [0.4, 0.5) is 0 Å². The molecular formula is C7H12ClNO2S. The minimum atomic E-state index is -3.08. The molecule has 1 N–H and O–H groups in total. The van der Waals surface area contributed by atoms with Gasteiger partial charge in [0.1, 0.15) is 5.50 Å². The molecule has 3 nitrogen and oxygen atoms in total. The summed E-state index contributed by atoms with van der Waals surface area (Å²) in [6.45, 7) is 0. The summed E-state index contributed by atoms with van der Waals surface area (Å²) in [7, 11) is -3.08. The lowest BCUT2D eigenvalue weighted by Crippen LogP contribution is -2.27. The molecule has 1 aliphatic carbocycles. The SMILES string of the molecule is O=S1(=O)NC(Cl)C2CCCCC21. The first-order valence-corrected chi connectivity index (χ1v) is 6.25. The third kappa shape index (κ3) is 1.26. The Balaban J connectivity index is 2.28. The van der Waals surface area contributed by atoms with Crippen LogP contribution in [0.15, 0.2) is 0 Å². The van der Waals surface area contributed by atoms with Crippen LogP contribution < -0.4 is 4.72 Å². The molecular weight excluding hydrogens is 198 g/mol. The first kappa shape index (κ1) is 8.78. The predicted octanol–water partition coefficient (Wildman–Crippen LogP) is 1.04. The van der Waals surface area contributed by atoms with Crippen molar-refractivity contribution in [3.8, 4) is 0 Å². The summed E-state index contributed by atoms with van der Waals surface area (Å²) in [6, 6.07) is 0. The average molecular weight is 210 g/mol. The van der Waals surface area contributed by atoms with Crippen LogP contribution in [-0.4, -0.2) is 19.2 Å². The van der Waals surface area contributed by atoms with Gasteiger partial charge in [0.25, 0.3) is 0 Å². The lowest BCUT2D eigenvalue weighted by atomic mass is 9.89. The lowest BCUT2D eigenvalue weighted by molar-refractivity contribution is 0.368. The van der Waals surface area contributed by atoms with Crippen molar-refractivity contribution in [3.63, 3.8) is 0 Å². The van der Waals surface area contributed by atoms with E-state index in [0.29, 0.717) is 0 Å². The van der Waals surface area contributed by atoms with Crippen molar-refractivity contribution in [1.82, 2.24) is 4.72 Å². The number of fused-ring (bicyclic) bond motifs is 1. The fraction of sp³-hybridized carbons (Fsp3) is 1.00. The summed E-state index contributed by atoms with van der Waals surface area (Å²) in [5.74, 6) is 0.144. The van der Waals surface area contributed by atoms with E-state index in [9.17, 15) is 8.42 Å². The van der Waals surface area contributed by atoms with Gasteiger partial charge in [0.05, 0.1) is 5.25 Å². The molecule has 0 bridgehead atoms. The summed E-state index contributed by atoms with van der Waals surface area (Å²) in [5.41, 5.74) is -0.361. The molecule has 2 aliphatic rings. The van der Waals surface area contributed by atoms with Crippen LogP contribution in [0, 0.1) is 5.92 Å².